The van der Waals surface area contributed by atoms with Crippen LogP contribution in [0, 0.1) is 0 Å². The van der Waals surface area contributed by atoms with Crippen molar-refractivity contribution in [3.63, 3.8) is 0 Å². The lowest BCUT2D eigenvalue weighted by Gasteiger charge is -2.18. The van der Waals surface area contributed by atoms with Crippen molar-refractivity contribution in [1.29, 1.82) is 0 Å². The van der Waals surface area contributed by atoms with Gasteiger partial charge in [0.25, 0.3) is 0 Å². The predicted octanol–water partition coefficient (Wildman–Crippen LogP) is 0.378. The van der Waals surface area contributed by atoms with Crippen molar-refractivity contribution >= 4 is 12.9 Å². The summed E-state index contributed by atoms with van der Waals surface area (Å²) < 4.78 is 11.0. The van der Waals surface area contributed by atoms with Gasteiger partial charge in [0, 0.05) is 11.9 Å². The molecule has 1 aromatic rings. The number of hydrogen-bond donors (Lipinski definition) is 1. The molecule has 0 unspecified atom stereocenters. The minimum atomic E-state index is -0.182. The fourth-order valence-corrected chi connectivity index (χ4v) is 2.04. The lowest BCUT2D eigenvalue weighted by molar-refractivity contribution is 0.139. The molecule has 1 aliphatic heterocycles. The van der Waals surface area contributed by atoms with Crippen LogP contribution in [0.5, 0.6) is 11.5 Å². The van der Waals surface area contributed by atoms with Gasteiger partial charge in [-0.05, 0) is 25.5 Å². The summed E-state index contributed by atoms with van der Waals surface area (Å²) in [4.78, 5) is 0. The maximum Gasteiger partial charge on any atom is 0.313 e. The number of hydrogen-bond acceptors (Lipinski definition) is 3. The van der Waals surface area contributed by atoms with Crippen molar-refractivity contribution in [2.45, 2.75) is 25.9 Å². The van der Waals surface area contributed by atoms with Crippen LogP contribution in [0.25, 0.3) is 0 Å². The summed E-state index contributed by atoms with van der Waals surface area (Å²) in [5.74, 6) is 1.48. The average Bonchev–Trinajstić information content (AvgIpc) is 2.50. The van der Waals surface area contributed by atoms with Crippen LogP contribution in [0.15, 0.2) is 12.1 Å². The Hall–Kier alpha value is -1.16. The van der Waals surface area contributed by atoms with E-state index in [1.54, 1.807) is 7.11 Å². The van der Waals surface area contributed by atoms with E-state index < -0.39 is 0 Å². The highest BCUT2D eigenvalue weighted by atomic mass is 16.5. The SMILES string of the molecule is COc1ccc2c(c1BO)OC(C)(C)C2. The van der Waals surface area contributed by atoms with Gasteiger partial charge in [-0.25, -0.2) is 0 Å². The maximum absolute atomic E-state index is 9.32. The molecule has 0 spiro atoms. The molecule has 80 valence electrons. The van der Waals surface area contributed by atoms with E-state index in [-0.39, 0.29) is 13.1 Å². The second-order valence-electron chi connectivity index (χ2n) is 4.43. The molecule has 0 radical (unpaired) electrons. The molecule has 1 heterocycles. The van der Waals surface area contributed by atoms with E-state index in [1.165, 1.54) is 0 Å². The van der Waals surface area contributed by atoms with Gasteiger partial charge in [0.2, 0.25) is 0 Å². The molecule has 0 atom stereocenters. The van der Waals surface area contributed by atoms with Gasteiger partial charge < -0.3 is 14.5 Å². The zero-order valence-electron chi connectivity index (χ0n) is 9.33. The number of fused-ring (bicyclic) bond motifs is 1. The van der Waals surface area contributed by atoms with Crippen LogP contribution < -0.4 is 14.9 Å². The van der Waals surface area contributed by atoms with E-state index in [9.17, 15) is 5.02 Å². The number of rotatable bonds is 2. The van der Waals surface area contributed by atoms with Gasteiger partial charge >= 0.3 is 7.48 Å². The minimum absolute atomic E-state index is 0.0531. The molecule has 0 bridgehead atoms. The van der Waals surface area contributed by atoms with Gasteiger partial charge in [0.15, 0.2) is 0 Å². The van der Waals surface area contributed by atoms with Crippen LogP contribution in [0.1, 0.15) is 19.4 Å². The fourth-order valence-electron chi connectivity index (χ4n) is 2.04. The van der Waals surface area contributed by atoms with Crippen molar-refractivity contribution in [3.05, 3.63) is 17.7 Å². The molecule has 0 aromatic heterocycles. The first-order chi connectivity index (χ1) is 7.07. The summed E-state index contributed by atoms with van der Waals surface area (Å²) >= 11 is 0. The Morgan fingerprint density at radius 1 is 1.47 bits per heavy atom. The topological polar surface area (TPSA) is 38.7 Å². The quantitative estimate of drug-likeness (QED) is 0.711. The molecule has 2 rings (SSSR count). The Balaban J connectivity index is 2.50. The van der Waals surface area contributed by atoms with Crippen LogP contribution in [0.2, 0.25) is 0 Å². The van der Waals surface area contributed by atoms with Crippen LogP contribution >= 0.6 is 0 Å². The fraction of sp³-hybridized carbons (Fsp3) is 0.455. The lowest BCUT2D eigenvalue weighted by Crippen LogP contribution is -2.27. The monoisotopic (exact) mass is 206 g/mol. The zero-order chi connectivity index (χ0) is 11.1. The van der Waals surface area contributed by atoms with Crippen molar-refractivity contribution in [1.82, 2.24) is 0 Å². The number of ether oxygens (including phenoxy) is 2. The van der Waals surface area contributed by atoms with Crippen molar-refractivity contribution in [2.24, 2.45) is 0 Å². The summed E-state index contributed by atoms with van der Waals surface area (Å²) in [5.41, 5.74) is 1.71. The van der Waals surface area contributed by atoms with E-state index in [0.717, 1.165) is 23.2 Å². The summed E-state index contributed by atoms with van der Waals surface area (Å²) in [5, 5.41) is 9.32. The summed E-state index contributed by atoms with van der Waals surface area (Å²) in [6, 6.07) is 3.89. The standard InChI is InChI=1S/C11H15BO3/c1-11(2)6-7-4-5-8(14-3)9(12-13)10(7)15-11/h4-5,12-13H,6H2,1-3H3. The minimum Gasteiger partial charge on any atom is -0.497 e. The summed E-state index contributed by atoms with van der Waals surface area (Å²) in [6.07, 6.45) is 0.874. The number of methoxy groups -OCH3 is 1. The molecule has 1 N–H and O–H groups in total. The van der Waals surface area contributed by atoms with Crippen LogP contribution in [0.4, 0.5) is 0 Å². The Kier molecular flexibility index (Phi) is 2.39. The first-order valence-electron chi connectivity index (χ1n) is 5.06. The first-order valence-corrected chi connectivity index (χ1v) is 5.06. The van der Waals surface area contributed by atoms with Gasteiger partial charge in [-0.3, -0.25) is 0 Å². The molecule has 3 nitrogen and oxygen atoms in total. The van der Waals surface area contributed by atoms with E-state index in [4.69, 9.17) is 9.47 Å². The molecule has 15 heavy (non-hydrogen) atoms. The Morgan fingerprint density at radius 3 is 2.80 bits per heavy atom. The third kappa shape index (κ3) is 1.70. The molecule has 1 aliphatic rings. The highest BCUT2D eigenvalue weighted by Crippen LogP contribution is 2.35. The van der Waals surface area contributed by atoms with Gasteiger partial charge in [0.05, 0.1) is 7.11 Å². The largest absolute Gasteiger partial charge is 0.497 e. The average molecular weight is 206 g/mol. The molecule has 4 heteroatoms. The Labute approximate surface area is 90.3 Å². The highest BCUT2D eigenvalue weighted by Gasteiger charge is 2.32. The Bertz CT molecular complexity index is 388. The molecule has 0 aliphatic carbocycles. The van der Waals surface area contributed by atoms with E-state index >= 15 is 0 Å². The molecule has 0 fully saturated rings. The van der Waals surface area contributed by atoms with Gasteiger partial charge in [-0.2, -0.15) is 0 Å². The molecular weight excluding hydrogens is 191 g/mol. The molecule has 0 saturated carbocycles. The predicted molar refractivity (Wildman–Crippen MR) is 60.4 cm³/mol. The first kappa shape index (κ1) is 10.4. The number of benzene rings is 1. The second-order valence-corrected chi connectivity index (χ2v) is 4.43. The van der Waals surface area contributed by atoms with Crippen molar-refractivity contribution in [3.8, 4) is 11.5 Å². The van der Waals surface area contributed by atoms with Gasteiger partial charge in [-0.15, -0.1) is 0 Å². The van der Waals surface area contributed by atoms with E-state index in [0.29, 0.717) is 5.75 Å². The van der Waals surface area contributed by atoms with E-state index in [2.05, 4.69) is 0 Å². The molecule has 0 amide bonds. The third-order valence-corrected chi connectivity index (χ3v) is 2.67. The van der Waals surface area contributed by atoms with Crippen LogP contribution in [-0.2, 0) is 6.42 Å². The Morgan fingerprint density at radius 2 is 2.20 bits per heavy atom. The normalized spacial score (nSPS) is 16.8. The van der Waals surface area contributed by atoms with Gasteiger partial charge in [0.1, 0.15) is 17.1 Å². The van der Waals surface area contributed by atoms with Crippen LogP contribution in [-0.4, -0.2) is 25.2 Å². The van der Waals surface area contributed by atoms with E-state index in [1.807, 2.05) is 26.0 Å². The third-order valence-electron chi connectivity index (χ3n) is 2.67. The smallest absolute Gasteiger partial charge is 0.313 e. The van der Waals surface area contributed by atoms with Gasteiger partial charge in [-0.1, -0.05) is 6.07 Å². The highest BCUT2D eigenvalue weighted by molar-refractivity contribution is 6.48. The van der Waals surface area contributed by atoms with Crippen molar-refractivity contribution in [2.75, 3.05) is 7.11 Å². The summed E-state index contributed by atoms with van der Waals surface area (Å²) in [7, 11) is 1.55. The molecule has 0 saturated heterocycles. The lowest BCUT2D eigenvalue weighted by atomic mass is 9.85. The van der Waals surface area contributed by atoms with Crippen LogP contribution in [0.3, 0.4) is 0 Å². The molecule has 1 aromatic carbocycles. The summed E-state index contributed by atoms with van der Waals surface area (Å²) in [6.45, 7) is 4.08. The molecular formula is C11H15BO3. The second kappa shape index (κ2) is 3.45. The van der Waals surface area contributed by atoms with Crippen molar-refractivity contribution < 1.29 is 14.5 Å². The maximum atomic E-state index is 9.32. The zero-order valence-corrected chi connectivity index (χ0v) is 9.33.